The number of nitrogens with two attached hydrogens (primary N) is 1. The average Bonchev–Trinajstić information content (AvgIpc) is 2.50. The first-order chi connectivity index (χ1) is 5.99. The van der Waals surface area contributed by atoms with Gasteiger partial charge >= 0.3 is 0 Å². The fraction of sp³-hybridized carbons (Fsp3) is 1.00. The summed E-state index contributed by atoms with van der Waals surface area (Å²) in [6.45, 7) is 8.43. The highest BCUT2D eigenvalue weighted by Gasteiger charge is 2.24. The monoisotopic (exact) mass is 187 g/mol. The largest absolute Gasteiger partial charge is 0.381 e. The molecule has 0 aliphatic carbocycles. The van der Waals surface area contributed by atoms with Crippen LogP contribution in [0.4, 0.5) is 0 Å². The molecular weight excluding hydrogens is 166 g/mol. The summed E-state index contributed by atoms with van der Waals surface area (Å²) in [6.07, 6.45) is 1.08. The standard InChI is InChI=1S/C10H21NO2/c1-10(2,3)13-7-9(11)8-4-5-12-6-8/h8-9H,4-7,11H2,1-3H3. The van der Waals surface area contributed by atoms with Gasteiger partial charge in [0, 0.05) is 18.6 Å². The Morgan fingerprint density at radius 1 is 1.54 bits per heavy atom. The molecule has 78 valence electrons. The summed E-state index contributed by atoms with van der Waals surface area (Å²) in [5.74, 6) is 0.488. The molecule has 1 rings (SSSR count). The third-order valence-electron chi connectivity index (χ3n) is 2.28. The first-order valence-electron chi connectivity index (χ1n) is 4.96. The van der Waals surface area contributed by atoms with Crippen molar-refractivity contribution in [1.29, 1.82) is 0 Å². The van der Waals surface area contributed by atoms with Crippen LogP contribution in [0.25, 0.3) is 0 Å². The molecule has 2 atom stereocenters. The van der Waals surface area contributed by atoms with Crippen molar-refractivity contribution in [3.63, 3.8) is 0 Å². The zero-order chi connectivity index (χ0) is 9.90. The van der Waals surface area contributed by atoms with Gasteiger partial charge in [-0.1, -0.05) is 0 Å². The molecule has 0 radical (unpaired) electrons. The van der Waals surface area contributed by atoms with Gasteiger partial charge in [-0.05, 0) is 27.2 Å². The third-order valence-corrected chi connectivity index (χ3v) is 2.28. The fourth-order valence-corrected chi connectivity index (χ4v) is 1.37. The molecule has 0 spiro atoms. The minimum atomic E-state index is -0.0862. The molecule has 2 unspecified atom stereocenters. The third kappa shape index (κ3) is 4.07. The van der Waals surface area contributed by atoms with E-state index in [1.165, 1.54) is 0 Å². The average molecular weight is 187 g/mol. The number of hydrogen-bond acceptors (Lipinski definition) is 3. The van der Waals surface area contributed by atoms with Gasteiger partial charge in [-0.2, -0.15) is 0 Å². The van der Waals surface area contributed by atoms with Crippen LogP contribution in [0.1, 0.15) is 27.2 Å². The summed E-state index contributed by atoms with van der Waals surface area (Å²) in [4.78, 5) is 0. The van der Waals surface area contributed by atoms with Crippen molar-refractivity contribution in [3.8, 4) is 0 Å². The number of hydrogen-bond donors (Lipinski definition) is 1. The van der Waals surface area contributed by atoms with Crippen LogP contribution in [0.3, 0.4) is 0 Å². The molecule has 1 heterocycles. The number of rotatable bonds is 3. The molecule has 0 aromatic carbocycles. The first-order valence-corrected chi connectivity index (χ1v) is 4.96. The second-order valence-electron chi connectivity index (χ2n) is 4.71. The van der Waals surface area contributed by atoms with Crippen molar-refractivity contribution in [1.82, 2.24) is 0 Å². The van der Waals surface area contributed by atoms with Crippen LogP contribution in [0.2, 0.25) is 0 Å². The summed E-state index contributed by atoms with van der Waals surface area (Å²) in [5, 5.41) is 0. The van der Waals surface area contributed by atoms with E-state index in [1.807, 2.05) is 20.8 Å². The van der Waals surface area contributed by atoms with Crippen LogP contribution in [-0.2, 0) is 9.47 Å². The van der Waals surface area contributed by atoms with Crippen LogP contribution in [0.15, 0.2) is 0 Å². The molecule has 1 aliphatic rings. The van der Waals surface area contributed by atoms with Crippen molar-refractivity contribution in [2.75, 3.05) is 19.8 Å². The summed E-state index contributed by atoms with van der Waals surface area (Å²) in [7, 11) is 0. The maximum Gasteiger partial charge on any atom is 0.0628 e. The maximum atomic E-state index is 5.98. The van der Waals surface area contributed by atoms with Gasteiger partial charge in [-0.15, -0.1) is 0 Å². The molecule has 0 bridgehead atoms. The van der Waals surface area contributed by atoms with Crippen molar-refractivity contribution >= 4 is 0 Å². The van der Waals surface area contributed by atoms with E-state index < -0.39 is 0 Å². The Morgan fingerprint density at radius 2 is 2.23 bits per heavy atom. The van der Waals surface area contributed by atoms with Crippen molar-refractivity contribution in [2.45, 2.75) is 38.8 Å². The molecule has 2 N–H and O–H groups in total. The smallest absolute Gasteiger partial charge is 0.0628 e. The molecule has 1 saturated heterocycles. The molecule has 1 fully saturated rings. The van der Waals surface area contributed by atoms with Crippen LogP contribution in [0.5, 0.6) is 0 Å². The van der Waals surface area contributed by atoms with Crippen LogP contribution < -0.4 is 5.73 Å². The lowest BCUT2D eigenvalue weighted by atomic mass is 10.0. The lowest BCUT2D eigenvalue weighted by Crippen LogP contribution is -2.38. The number of ether oxygens (including phenoxy) is 2. The molecular formula is C10H21NO2. The quantitative estimate of drug-likeness (QED) is 0.721. The van der Waals surface area contributed by atoms with E-state index in [0.29, 0.717) is 12.5 Å². The van der Waals surface area contributed by atoms with Crippen LogP contribution >= 0.6 is 0 Å². The van der Waals surface area contributed by atoms with E-state index >= 15 is 0 Å². The highest BCUT2D eigenvalue weighted by Crippen LogP contribution is 2.17. The summed E-state index contributed by atoms with van der Waals surface area (Å²) < 4.78 is 10.9. The summed E-state index contributed by atoms with van der Waals surface area (Å²) in [6, 6.07) is 0.127. The topological polar surface area (TPSA) is 44.5 Å². The zero-order valence-electron chi connectivity index (χ0n) is 8.88. The Balaban J connectivity index is 2.20. The summed E-state index contributed by atoms with van der Waals surface area (Å²) >= 11 is 0. The Kier molecular flexibility index (Phi) is 3.71. The van der Waals surface area contributed by atoms with Crippen molar-refractivity contribution < 1.29 is 9.47 Å². The van der Waals surface area contributed by atoms with Gasteiger partial charge in [0.05, 0.1) is 18.8 Å². The minimum absolute atomic E-state index is 0.0862. The second kappa shape index (κ2) is 4.40. The van der Waals surface area contributed by atoms with Crippen molar-refractivity contribution in [2.24, 2.45) is 11.7 Å². The van der Waals surface area contributed by atoms with Gasteiger partial charge in [0.1, 0.15) is 0 Å². The van der Waals surface area contributed by atoms with Gasteiger partial charge in [-0.3, -0.25) is 0 Å². The molecule has 13 heavy (non-hydrogen) atoms. The SMILES string of the molecule is CC(C)(C)OCC(N)C1CCOC1. The highest BCUT2D eigenvalue weighted by molar-refractivity contribution is 4.76. The normalized spacial score (nSPS) is 26.3. The van der Waals surface area contributed by atoms with E-state index in [0.717, 1.165) is 19.6 Å². The lowest BCUT2D eigenvalue weighted by molar-refractivity contribution is -0.0171. The highest BCUT2D eigenvalue weighted by atomic mass is 16.5. The fourth-order valence-electron chi connectivity index (χ4n) is 1.37. The molecule has 0 aromatic rings. The molecule has 3 heteroatoms. The van der Waals surface area contributed by atoms with Gasteiger partial charge in [0.25, 0.3) is 0 Å². The Labute approximate surface area is 80.6 Å². The van der Waals surface area contributed by atoms with E-state index in [1.54, 1.807) is 0 Å². The minimum Gasteiger partial charge on any atom is -0.381 e. The maximum absolute atomic E-state index is 5.98. The van der Waals surface area contributed by atoms with E-state index in [9.17, 15) is 0 Å². The Bertz CT molecular complexity index is 147. The van der Waals surface area contributed by atoms with Gasteiger partial charge in [-0.25, -0.2) is 0 Å². The van der Waals surface area contributed by atoms with E-state index in [-0.39, 0.29) is 11.6 Å². The van der Waals surface area contributed by atoms with Crippen LogP contribution in [0, 0.1) is 5.92 Å². The predicted octanol–water partition coefficient (Wildman–Crippen LogP) is 1.17. The summed E-state index contributed by atoms with van der Waals surface area (Å²) in [5.41, 5.74) is 5.89. The van der Waals surface area contributed by atoms with Gasteiger partial charge in [0.2, 0.25) is 0 Å². The molecule has 0 saturated carbocycles. The lowest BCUT2D eigenvalue weighted by Gasteiger charge is -2.24. The zero-order valence-corrected chi connectivity index (χ0v) is 8.88. The Hall–Kier alpha value is -0.120. The van der Waals surface area contributed by atoms with E-state index in [2.05, 4.69) is 0 Å². The van der Waals surface area contributed by atoms with E-state index in [4.69, 9.17) is 15.2 Å². The molecule has 0 amide bonds. The van der Waals surface area contributed by atoms with Crippen molar-refractivity contribution in [3.05, 3.63) is 0 Å². The molecule has 3 nitrogen and oxygen atoms in total. The second-order valence-corrected chi connectivity index (χ2v) is 4.71. The Morgan fingerprint density at radius 3 is 2.69 bits per heavy atom. The molecule has 1 aliphatic heterocycles. The predicted molar refractivity (Wildman–Crippen MR) is 52.6 cm³/mol. The van der Waals surface area contributed by atoms with Crippen LogP contribution in [-0.4, -0.2) is 31.5 Å². The molecule has 0 aromatic heterocycles. The van der Waals surface area contributed by atoms with Gasteiger partial charge < -0.3 is 15.2 Å². The first kappa shape index (κ1) is 11.0. The van der Waals surface area contributed by atoms with Gasteiger partial charge in [0.15, 0.2) is 0 Å².